The fourth-order valence-corrected chi connectivity index (χ4v) is 3.69. The van der Waals surface area contributed by atoms with Crippen LogP contribution in [0.3, 0.4) is 0 Å². The van der Waals surface area contributed by atoms with Gasteiger partial charge in [-0.05, 0) is 30.9 Å². The van der Waals surface area contributed by atoms with E-state index in [1.165, 1.54) is 18.4 Å². The van der Waals surface area contributed by atoms with Crippen LogP contribution in [0.25, 0.3) is 0 Å². The number of aromatic nitrogens is 2. The normalized spacial score (nSPS) is 18.8. The van der Waals surface area contributed by atoms with Crippen molar-refractivity contribution >= 4 is 0 Å². The monoisotopic (exact) mass is 284 g/mol. The highest BCUT2D eigenvalue weighted by molar-refractivity contribution is 5.29. The maximum Gasteiger partial charge on any atom is 0.0678 e. The molecule has 1 atom stereocenters. The van der Waals surface area contributed by atoms with Crippen molar-refractivity contribution in [2.75, 3.05) is 0 Å². The minimum atomic E-state index is -0.336. The quantitative estimate of drug-likeness (QED) is 0.914. The summed E-state index contributed by atoms with van der Waals surface area (Å²) in [6, 6.07) is 10.5. The summed E-state index contributed by atoms with van der Waals surface area (Å²) in [5, 5.41) is 15.3. The first kappa shape index (κ1) is 14.3. The Morgan fingerprint density at radius 1 is 1.24 bits per heavy atom. The molecule has 1 heterocycles. The van der Waals surface area contributed by atoms with E-state index in [1.807, 2.05) is 16.9 Å². The van der Waals surface area contributed by atoms with E-state index in [1.54, 1.807) is 0 Å². The van der Waals surface area contributed by atoms with Crippen molar-refractivity contribution in [2.24, 2.45) is 0 Å². The molecule has 1 aliphatic carbocycles. The van der Waals surface area contributed by atoms with Crippen LogP contribution in [0.2, 0.25) is 0 Å². The summed E-state index contributed by atoms with van der Waals surface area (Å²) in [6.07, 6.45) is 8.88. The number of hydrogen-bond acceptors (Lipinski definition) is 2. The van der Waals surface area contributed by atoms with Crippen molar-refractivity contribution in [2.45, 2.75) is 57.1 Å². The summed E-state index contributed by atoms with van der Waals surface area (Å²) in [7, 11) is 0. The zero-order valence-electron chi connectivity index (χ0n) is 12.7. The second kappa shape index (κ2) is 6.02. The van der Waals surface area contributed by atoms with Crippen LogP contribution >= 0.6 is 0 Å². The van der Waals surface area contributed by atoms with Crippen LogP contribution in [0.15, 0.2) is 42.7 Å². The number of benzene rings is 1. The van der Waals surface area contributed by atoms with E-state index in [0.717, 1.165) is 24.9 Å². The van der Waals surface area contributed by atoms with E-state index >= 15 is 0 Å². The predicted molar refractivity (Wildman–Crippen MR) is 84.2 cm³/mol. The van der Waals surface area contributed by atoms with Gasteiger partial charge in [0.1, 0.15) is 0 Å². The van der Waals surface area contributed by atoms with E-state index in [0.29, 0.717) is 6.42 Å². The minimum Gasteiger partial charge on any atom is -0.392 e. The van der Waals surface area contributed by atoms with Crippen molar-refractivity contribution in [3.8, 4) is 0 Å². The Kier molecular flexibility index (Phi) is 4.11. The number of rotatable bonds is 5. The van der Waals surface area contributed by atoms with Crippen LogP contribution in [-0.2, 0) is 18.4 Å². The third kappa shape index (κ3) is 2.75. The zero-order chi connectivity index (χ0) is 14.7. The van der Waals surface area contributed by atoms with E-state index in [-0.39, 0.29) is 11.5 Å². The Hall–Kier alpha value is -1.61. The van der Waals surface area contributed by atoms with Crippen LogP contribution in [0.4, 0.5) is 0 Å². The van der Waals surface area contributed by atoms with Crippen LogP contribution in [0, 0.1) is 0 Å². The summed E-state index contributed by atoms with van der Waals surface area (Å²) in [5.41, 5.74) is 2.35. The smallest absolute Gasteiger partial charge is 0.0678 e. The van der Waals surface area contributed by atoms with E-state index in [2.05, 4.69) is 42.5 Å². The number of nitrogens with zero attached hydrogens (tertiary/aromatic N) is 2. The lowest BCUT2D eigenvalue weighted by Crippen LogP contribution is -2.38. The SMILES string of the molecule is CCn1cc(CC(O)C2(c3ccccc3)CCCC2)cn1. The fourth-order valence-electron chi connectivity index (χ4n) is 3.69. The van der Waals surface area contributed by atoms with Gasteiger partial charge in [-0.15, -0.1) is 0 Å². The molecule has 3 nitrogen and oxygen atoms in total. The average Bonchev–Trinajstić information content (AvgIpc) is 3.18. The van der Waals surface area contributed by atoms with Crippen molar-refractivity contribution in [3.05, 3.63) is 53.9 Å². The molecule has 2 aromatic rings. The zero-order valence-corrected chi connectivity index (χ0v) is 12.7. The first-order chi connectivity index (χ1) is 10.2. The number of aryl methyl sites for hydroxylation is 1. The van der Waals surface area contributed by atoms with E-state index in [9.17, 15) is 5.11 Å². The van der Waals surface area contributed by atoms with E-state index in [4.69, 9.17) is 0 Å². The molecule has 1 fully saturated rings. The molecule has 3 heteroatoms. The van der Waals surface area contributed by atoms with Gasteiger partial charge >= 0.3 is 0 Å². The third-order valence-electron chi connectivity index (χ3n) is 4.92. The van der Waals surface area contributed by atoms with Crippen LogP contribution < -0.4 is 0 Å². The lowest BCUT2D eigenvalue weighted by Gasteiger charge is -2.35. The minimum absolute atomic E-state index is 0.0738. The molecule has 3 rings (SSSR count). The van der Waals surface area contributed by atoms with E-state index < -0.39 is 0 Å². The molecule has 0 spiro atoms. The standard InChI is InChI=1S/C18H24N2O/c1-2-20-14-15(13-19-20)12-17(21)18(10-6-7-11-18)16-8-4-3-5-9-16/h3-5,8-9,13-14,17,21H,2,6-7,10-12H2,1H3. The molecule has 21 heavy (non-hydrogen) atoms. The Morgan fingerprint density at radius 2 is 1.95 bits per heavy atom. The lowest BCUT2D eigenvalue weighted by molar-refractivity contribution is 0.0825. The molecule has 1 N–H and O–H groups in total. The van der Waals surface area contributed by atoms with Gasteiger partial charge in [0.15, 0.2) is 0 Å². The molecule has 1 aromatic carbocycles. The van der Waals surface area contributed by atoms with Crippen molar-refractivity contribution in [1.82, 2.24) is 9.78 Å². The molecule has 112 valence electrons. The Bertz CT molecular complexity index is 570. The highest BCUT2D eigenvalue weighted by atomic mass is 16.3. The maximum absolute atomic E-state index is 11.0. The predicted octanol–water partition coefficient (Wildman–Crippen LogP) is 3.32. The van der Waals surface area contributed by atoms with Gasteiger partial charge in [0.2, 0.25) is 0 Å². The number of hydrogen-bond donors (Lipinski definition) is 1. The molecule has 0 radical (unpaired) electrons. The average molecular weight is 284 g/mol. The molecule has 1 saturated carbocycles. The summed E-state index contributed by atoms with van der Waals surface area (Å²) >= 11 is 0. The molecule has 0 amide bonds. The number of aliphatic hydroxyl groups excluding tert-OH is 1. The first-order valence-corrected chi connectivity index (χ1v) is 7.99. The molecule has 0 aliphatic heterocycles. The van der Waals surface area contributed by atoms with Crippen LogP contribution in [0.5, 0.6) is 0 Å². The highest BCUT2D eigenvalue weighted by Crippen LogP contribution is 2.44. The highest BCUT2D eigenvalue weighted by Gasteiger charge is 2.41. The lowest BCUT2D eigenvalue weighted by atomic mass is 9.72. The fraction of sp³-hybridized carbons (Fsp3) is 0.500. The first-order valence-electron chi connectivity index (χ1n) is 7.99. The van der Waals surface area contributed by atoms with Gasteiger partial charge in [0.25, 0.3) is 0 Å². The number of aliphatic hydroxyl groups is 1. The largest absolute Gasteiger partial charge is 0.392 e. The molecular formula is C18H24N2O. The van der Waals surface area contributed by atoms with Crippen LogP contribution in [-0.4, -0.2) is 21.0 Å². The Balaban J connectivity index is 1.83. The van der Waals surface area contributed by atoms with Gasteiger partial charge in [0, 0.05) is 24.6 Å². The van der Waals surface area contributed by atoms with Gasteiger partial charge in [-0.1, -0.05) is 43.2 Å². The third-order valence-corrected chi connectivity index (χ3v) is 4.92. The Labute approximate surface area is 126 Å². The summed E-state index contributed by atoms with van der Waals surface area (Å²) in [4.78, 5) is 0. The van der Waals surface area contributed by atoms with Gasteiger partial charge in [-0.3, -0.25) is 4.68 Å². The topological polar surface area (TPSA) is 38.0 Å². The van der Waals surface area contributed by atoms with Gasteiger partial charge in [-0.25, -0.2) is 0 Å². The van der Waals surface area contributed by atoms with Crippen LogP contribution in [0.1, 0.15) is 43.7 Å². The van der Waals surface area contributed by atoms with Crippen molar-refractivity contribution in [1.29, 1.82) is 0 Å². The molecular weight excluding hydrogens is 260 g/mol. The molecule has 1 aromatic heterocycles. The molecule has 0 bridgehead atoms. The molecule has 1 aliphatic rings. The van der Waals surface area contributed by atoms with Gasteiger partial charge in [0.05, 0.1) is 12.3 Å². The van der Waals surface area contributed by atoms with Gasteiger partial charge < -0.3 is 5.11 Å². The second-order valence-corrected chi connectivity index (χ2v) is 6.15. The second-order valence-electron chi connectivity index (χ2n) is 6.15. The van der Waals surface area contributed by atoms with Gasteiger partial charge in [-0.2, -0.15) is 5.10 Å². The van der Waals surface area contributed by atoms with Crippen molar-refractivity contribution in [3.63, 3.8) is 0 Å². The molecule has 1 unspecified atom stereocenters. The summed E-state index contributed by atoms with van der Waals surface area (Å²) in [6.45, 7) is 2.95. The Morgan fingerprint density at radius 3 is 2.57 bits per heavy atom. The summed E-state index contributed by atoms with van der Waals surface area (Å²) in [5.74, 6) is 0. The molecule has 0 saturated heterocycles. The summed E-state index contributed by atoms with van der Waals surface area (Å²) < 4.78 is 1.92. The maximum atomic E-state index is 11.0. The van der Waals surface area contributed by atoms with Crippen molar-refractivity contribution < 1.29 is 5.11 Å².